The zero-order chi connectivity index (χ0) is 18.8. The monoisotopic (exact) mass is 358 g/mol. The summed E-state index contributed by atoms with van der Waals surface area (Å²) < 4.78 is 41.2. The normalized spacial score (nSPS) is 11.2. The van der Waals surface area contributed by atoms with Crippen LogP contribution in [0.1, 0.15) is 36.5 Å². The molecule has 2 aromatic carbocycles. The number of hydrogen-bond acceptors (Lipinski definition) is 1. The fourth-order valence-corrected chi connectivity index (χ4v) is 2.24. The lowest BCUT2D eigenvalue weighted by Crippen LogP contribution is -2.02. The molecule has 0 aromatic heterocycles. The van der Waals surface area contributed by atoms with Crippen LogP contribution in [0, 0.1) is 11.8 Å². The fraction of sp³-hybridized carbons (Fsp3) is 0.273. The average molecular weight is 358 g/mol. The Hall–Kier alpha value is -2.67. The molecule has 0 saturated carbocycles. The molecule has 0 aliphatic heterocycles. The SMILES string of the molecule is CCCCc1ccc(C#Cc2ccc(OC/C=C/C(F)(F)F)cc2)cc1. The van der Waals surface area contributed by atoms with Crippen LogP contribution in [0.25, 0.3) is 0 Å². The first-order valence-electron chi connectivity index (χ1n) is 8.54. The number of benzene rings is 2. The average Bonchev–Trinajstić information content (AvgIpc) is 2.63. The van der Waals surface area contributed by atoms with Crippen LogP contribution in [0.4, 0.5) is 13.2 Å². The van der Waals surface area contributed by atoms with Gasteiger partial charge in [-0.25, -0.2) is 0 Å². The van der Waals surface area contributed by atoms with E-state index in [1.807, 2.05) is 12.1 Å². The Morgan fingerprint density at radius 3 is 2.04 bits per heavy atom. The quantitative estimate of drug-likeness (QED) is 0.460. The number of allylic oxidation sites excluding steroid dienone is 1. The van der Waals surface area contributed by atoms with E-state index in [0.717, 1.165) is 23.6 Å². The second kappa shape index (κ2) is 9.72. The first-order valence-corrected chi connectivity index (χ1v) is 8.54. The maximum atomic E-state index is 12.0. The van der Waals surface area contributed by atoms with Gasteiger partial charge in [-0.3, -0.25) is 0 Å². The zero-order valence-electron chi connectivity index (χ0n) is 14.6. The van der Waals surface area contributed by atoms with Crippen LogP contribution in [-0.4, -0.2) is 12.8 Å². The highest BCUT2D eigenvalue weighted by atomic mass is 19.4. The molecule has 0 radical (unpaired) electrons. The van der Waals surface area contributed by atoms with E-state index in [9.17, 15) is 13.2 Å². The largest absolute Gasteiger partial charge is 0.490 e. The third kappa shape index (κ3) is 7.48. The summed E-state index contributed by atoms with van der Waals surface area (Å²) in [6.45, 7) is 2.05. The van der Waals surface area contributed by atoms with Crippen molar-refractivity contribution in [2.24, 2.45) is 0 Å². The van der Waals surface area contributed by atoms with Gasteiger partial charge in [0.1, 0.15) is 12.4 Å². The topological polar surface area (TPSA) is 9.23 Å². The van der Waals surface area contributed by atoms with Crippen LogP contribution in [0.15, 0.2) is 60.7 Å². The van der Waals surface area contributed by atoms with Gasteiger partial charge >= 0.3 is 6.18 Å². The van der Waals surface area contributed by atoms with E-state index in [0.29, 0.717) is 5.75 Å². The van der Waals surface area contributed by atoms with Gasteiger partial charge in [0.05, 0.1) is 0 Å². The number of halogens is 3. The number of hydrogen-bond donors (Lipinski definition) is 0. The minimum atomic E-state index is -4.31. The Morgan fingerprint density at radius 1 is 0.923 bits per heavy atom. The summed E-state index contributed by atoms with van der Waals surface area (Å²) in [4.78, 5) is 0. The second-order valence-electron chi connectivity index (χ2n) is 5.83. The van der Waals surface area contributed by atoms with Gasteiger partial charge in [0.15, 0.2) is 0 Å². The first-order chi connectivity index (χ1) is 12.5. The molecule has 2 aromatic rings. The van der Waals surface area contributed by atoms with Crippen LogP contribution >= 0.6 is 0 Å². The lowest BCUT2D eigenvalue weighted by molar-refractivity contribution is -0.0801. The summed E-state index contributed by atoms with van der Waals surface area (Å²) >= 11 is 0. The van der Waals surface area contributed by atoms with Gasteiger partial charge in [-0.15, -0.1) is 0 Å². The molecule has 0 saturated heterocycles. The van der Waals surface area contributed by atoms with Crippen molar-refractivity contribution in [3.63, 3.8) is 0 Å². The Labute approximate surface area is 152 Å². The minimum Gasteiger partial charge on any atom is -0.490 e. The fourth-order valence-electron chi connectivity index (χ4n) is 2.24. The van der Waals surface area contributed by atoms with E-state index < -0.39 is 6.18 Å². The van der Waals surface area contributed by atoms with E-state index >= 15 is 0 Å². The summed E-state index contributed by atoms with van der Waals surface area (Å²) in [5, 5.41) is 0. The number of unbranched alkanes of at least 4 members (excludes halogenated alkanes) is 1. The summed E-state index contributed by atoms with van der Waals surface area (Å²) in [6, 6.07) is 15.2. The molecular formula is C22H21F3O. The predicted octanol–water partition coefficient (Wildman–Crippen LogP) is 5.93. The molecule has 4 heteroatoms. The highest BCUT2D eigenvalue weighted by Gasteiger charge is 2.21. The third-order valence-electron chi connectivity index (χ3n) is 3.63. The second-order valence-corrected chi connectivity index (χ2v) is 5.83. The van der Waals surface area contributed by atoms with E-state index in [1.54, 1.807) is 24.3 Å². The highest BCUT2D eigenvalue weighted by molar-refractivity contribution is 5.44. The molecule has 0 N–H and O–H groups in total. The van der Waals surface area contributed by atoms with E-state index in [4.69, 9.17) is 4.74 Å². The lowest BCUT2D eigenvalue weighted by atomic mass is 10.1. The van der Waals surface area contributed by atoms with Crippen molar-refractivity contribution in [1.29, 1.82) is 0 Å². The Morgan fingerprint density at radius 2 is 1.50 bits per heavy atom. The maximum absolute atomic E-state index is 12.0. The van der Waals surface area contributed by atoms with Crippen molar-refractivity contribution >= 4 is 0 Å². The first kappa shape index (κ1) is 19.7. The molecular weight excluding hydrogens is 337 g/mol. The van der Waals surface area contributed by atoms with Crippen molar-refractivity contribution in [3.8, 4) is 17.6 Å². The van der Waals surface area contributed by atoms with Crippen molar-refractivity contribution in [1.82, 2.24) is 0 Å². The van der Waals surface area contributed by atoms with Crippen molar-refractivity contribution in [3.05, 3.63) is 77.4 Å². The molecule has 0 atom stereocenters. The van der Waals surface area contributed by atoms with Crippen molar-refractivity contribution in [2.45, 2.75) is 32.4 Å². The Kier molecular flexibility index (Phi) is 7.35. The lowest BCUT2D eigenvalue weighted by Gasteiger charge is -2.03. The third-order valence-corrected chi connectivity index (χ3v) is 3.63. The molecule has 0 bridgehead atoms. The highest BCUT2D eigenvalue weighted by Crippen LogP contribution is 2.16. The Balaban J connectivity index is 1.89. The van der Waals surface area contributed by atoms with E-state index in [2.05, 4.69) is 30.9 Å². The molecule has 1 nitrogen and oxygen atoms in total. The van der Waals surface area contributed by atoms with E-state index in [-0.39, 0.29) is 12.7 Å². The standard InChI is InChI=1S/C22H21F3O/c1-2-3-5-18-6-8-19(9-7-18)10-11-20-12-14-21(15-13-20)26-17-4-16-22(23,24)25/h4,6-9,12-16H,2-3,5,17H2,1H3/b16-4+. The van der Waals surface area contributed by atoms with Crippen molar-refractivity contribution in [2.75, 3.05) is 6.61 Å². The molecule has 0 heterocycles. The smallest absolute Gasteiger partial charge is 0.409 e. The minimum absolute atomic E-state index is 0.130. The summed E-state index contributed by atoms with van der Waals surface area (Å²) in [5.74, 6) is 6.68. The number of aryl methyl sites for hydroxylation is 1. The maximum Gasteiger partial charge on any atom is 0.409 e. The Bertz CT molecular complexity index is 760. The molecule has 0 aliphatic rings. The molecule has 136 valence electrons. The number of alkyl halides is 3. The van der Waals surface area contributed by atoms with Crippen molar-refractivity contribution < 1.29 is 17.9 Å². The van der Waals surface area contributed by atoms with Gasteiger partial charge < -0.3 is 4.74 Å². The van der Waals surface area contributed by atoms with E-state index in [1.165, 1.54) is 18.4 Å². The van der Waals surface area contributed by atoms with Crippen LogP contribution in [0.3, 0.4) is 0 Å². The zero-order valence-corrected chi connectivity index (χ0v) is 14.6. The van der Waals surface area contributed by atoms with Gasteiger partial charge in [-0.05, 0) is 60.9 Å². The van der Waals surface area contributed by atoms with Gasteiger partial charge in [-0.2, -0.15) is 13.2 Å². The molecule has 26 heavy (non-hydrogen) atoms. The van der Waals surface area contributed by atoms with Crippen LogP contribution in [0.5, 0.6) is 5.75 Å². The molecule has 0 aliphatic carbocycles. The molecule has 2 rings (SSSR count). The van der Waals surface area contributed by atoms with Crippen LogP contribution in [-0.2, 0) is 6.42 Å². The van der Waals surface area contributed by atoms with Crippen LogP contribution < -0.4 is 4.74 Å². The van der Waals surface area contributed by atoms with Crippen LogP contribution in [0.2, 0.25) is 0 Å². The molecule has 0 amide bonds. The summed E-state index contributed by atoms with van der Waals surface area (Å²) in [6.07, 6.45) is 0.254. The number of rotatable bonds is 6. The summed E-state index contributed by atoms with van der Waals surface area (Å²) in [7, 11) is 0. The van der Waals surface area contributed by atoms with Gasteiger partial charge in [0, 0.05) is 17.2 Å². The summed E-state index contributed by atoms with van der Waals surface area (Å²) in [5.41, 5.74) is 3.08. The van der Waals surface area contributed by atoms with Gasteiger partial charge in [0.25, 0.3) is 0 Å². The molecule has 0 unspecified atom stereocenters. The van der Waals surface area contributed by atoms with Gasteiger partial charge in [-0.1, -0.05) is 37.3 Å². The molecule has 0 spiro atoms. The predicted molar refractivity (Wildman–Crippen MR) is 98.2 cm³/mol. The molecule has 0 fully saturated rings. The van der Waals surface area contributed by atoms with Gasteiger partial charge in [0.2, 0.25) is 0 Å². The number of ether oxygens (including phenoxy) is 1.